The molecule has 3 rings (SSSR count). The molecular formula is C18H26N4. The fourth-order valence-electron chi connectivity index (χ4n) is 3.11. The second kappa shape index (κ2) is 7.56. The molecule has 0 spiro atoms. The Morgan fingerprint density at radius 2 is 2.00 bits per heavy atom. The van der Waals surface area contributed by atoms with E-state index in [0.717, 1.165) is 31.5 Å². The summed E-state index contributed by atoms with van der Waals surface area (Å²) in [6, 6.07) is 9.73. The summed E-state index contributed by atoms with van der Waals surface area (Å²) < 4.78 is 0. The minimum atomic E-state index is 0.725. The van der Waals surface area contributed by atoms with E-state index in [2.05, 4.69) is 51.4 Å². The smallest absolute Gasteiger partial charge is 0.120 e. The van der Waals surface area contributed by atoms with Crippen molar-refractivity contribution in [3.05, 3.63) is 53.6 Å². The molecule has 1 saturated heterocycles. The highest BCUT2D eigenvalue weighted by Gasteiger charge is 2.17. The van der Waals surface area contributed by atoms with Crippen LogP contribution in [0.15, 0.2) is 36.7 Å². The summed E-state index contributed by atoms with van der Waals surface area (Å²) in [7, 11) is 0. The van der Waals surface area contributed by atoms with Gasteiger partial charge in [0, 0.05) is 31.5 Å². The summed E-state index contributed by atoms with van der Waals surface area (Å²) in [5, 5.41) is 3.41. The Hall–Kier alpha value is -1.65. The molecule has 2 aromatic rings. The highest BCUT2D eigenvalue weighted by atomic mass is 15.2. The Kier molecular flexibility index (Phi) is 5.24. The maximum absolute atomic E-state index is 4.21. The van der Waals surface area contributed by atoms with Crippen molar-refractivity contribution in [1.29, 1.82) is 0 Å². The molecule has 4 heteroatoms. The molecule has 118 valence electrons. The first-order valence-corrected chi connectivity index (χ1v) is 8.32. The van der Waals surface area contributed by atoms with E-state index >= 15 is 0 Å². The standard InChI is InChI=1S/C18H26N4/c1-15-4-2-3-11-22(15)14-17-7-5-16(6-8-17)12-19-13-18-20-9-10-21-18/h5-10,15,19H,2-4,11-14H2,1H3,(H,20,21). The Morgan fingerprint density at radius 3 is 2.73 bits per heavy atom. The highest BCUT2D eigenvalue weighted by Crippen LogP contribution is 2.19. The van der Waals surface area contributed by atoms with Gasteiger partial charge in [-0.05, 0) is 37.4 Å². The number of benzene rings is 1. The van der Waals surface area contributed by atoms with Gasteiger partial charge in [0.1, 0.15) is 5.82 Å². The van der Waals surface area contributed by atoms with Gasteiger partial charge in [0.05, 0.1) is 6.54 Å². The lowest BCUT2D eigenvalue weighted by Crippen LogP contribution is -2.36. The quantitative estimate of drug-likeness (QED) is 0.861. The fourth-order valence-corrected chi connectivity index (χ4v) is 3.11. The molecule has 4 nitrogen and oxygen atoms in total. The van der Waals surface area contributed by atoms with Crippen molar-refractivity contribution in [3.8, 4) is 0 Å². The van der Waals surface area contributed by atoms with Crippen LogP contribution in [-0.4, -0.2) is 27.5 Å². The van der Waals surface area contributed by atoms with E-state index < -0.39 is 0 Å². The predicted molar refractivity (Wildman–Crippen MR) is 89.3 cm³/mol. The number of aromatic amines is 1. The Bertz CT molecular complexity index is 547. The number of aromatic nitrogens is 2. The van der Waals surface area contributed by atoms with Gasteiger partial charge in [-0.15, -0.1) is 0 Å². The molecule has 1 aliphatic heterocycles. The molecule has 1 aliphatic rings. The third kappa shape index (κ3) is 4.18. The first kappa shape index (κ1) is 15.3. The molecule has 0 bridgehead atoms. The van der Waals surface area contributed by atoms with Crippen molar-refractivity contribution in [2.24, 2.45) is 0 Å². The van der Waals surface area contributed by atoms with Crippen molar-refractivity contribution < 1.29 is 0 Å². The maximum atomic E-state index is 4.21. The van der Waals surface area contributed by atoms with Gasteiger partial charge in [-0.3, -0.25) is 4.90 Å². The SMILES string of the molecule is CC1CCCCN1Cc1ccc(CNCc2ncc[nH]2)cc1. The van der Waals surface area contributed by atoms with E-state index in [-0.39, 0.29) is 0 Å². The van der Waals surface area contributed by atoms with Crippen LogP contribution < -0.4 is 5.32 Å². The lowest BCUT2D eigenvalue weighted by Gasteiger charge is -2.33. The highest BCUT2D eigenvalue weighted by molar-refractivity contribution is 5.22. The van der Waals surface area contributed by atoms with E-state index in [4.69, 9.17) is 0 Å². The molecule has 0 radical (unpaired) electrons. The van der Waals surface area contributed by atoms with E-state index in [1.54, 1.807) is 6.20 Å². The number of hydrogen-bond acceptors (Lipinski definition) is 3. The zero-order valence-corrected chi connectivity index (χ0v) is 13.4. The van der Waals surface area contributed by atoms with Crippen molar-refractivity contribution in [1.82, 2.24) is 20.2 Å². The monoisotopic (exact) mass is 298 g/mol. The molecule has 1 atom stereocenters. The Morgan fingerprint density at radius 1 is 1.18 bits per heavy atom. The summed E-state index contributed by atoms with van der Waals surface area (Å²) in [6.07, 6.45) is 7.71. The second-order valence-corrected chi connectivity index (χ2v) is 6.27. The summed E-state index contributed by atoms with van der Waals surface area (Å²) >= 11 is 0. The Balaban J connectivity index is 1.47. The molecule has 2 heterocycles. The molecule has 2 N–H and O–H groups in total. The lowest BCUT2D eigenvalue weighted by molar-refractivity contribution is 0.152. The van der Waals surface area contributed by atoms with Gasteiger partial charge in [0.15, 0.2) is 0 Å². The fraction of sp³-hybridized carbons (Fsp3) is 0.500. The van der Waals surface area contributed by atoms with Crippen LogP contribution in [0.3, 0.4) is 0 Å². The van der Waals surface area contributed by atoms with Crippen molar-refractivity contribution in [3.63, 3.8) is 0 Å². The number of nitrogens with zero attached hydrogens (tertiary/aromatic N) is 2. The van der Waals surface area contributed by atoms with Crippen LogP contribution >= 0.6 is 0 Å². The number of likely N-dealkylation sites (tertiary alicyclic amines) is 1. The zero-order valence-electron chi connectivity index (χ0n) is 13.4. The first-order chi connectivity index (χ1) is 10.8. The van der Waals surface area contributed by atoms with E-state index in [0.29, 0.717) is 0 Å². The van der Waals surface area contributed by atoms with Gasteiger partial charge >= 0.3 is 0 Å². The first-order valence-electron chi connectivity index (χ1n) is 8.32. The third-order valence-corrected chi connectivity index (χ3v) is 4.53. The van der Waals surface area contributed by atoms with Gasteiger partial charge < -0.3 is 10.3 Å². The third-order valence-electron chi connectivity index (χ3n) is 4.53. The number of H-pyrrole nitrogens is 1. The molecule has 1 fully saturated rings. The molecule has 1 aromatic heterocycles. The molecule has 1 unspecified atom stereocenters. The normalized spacial score (nSPS) is 19.4. The van der Waals surface area contributed by atoms with Crippen LogP contribution in [0.2, 0.25) is 0 Å². The van der Waals surface area contributed by atoms with Gasteiger partial charge in [-0.1, -0.05) is 30.7 Å². The van der Waals surface area contributed by atoms with Gasteiger partial charge in [-0.25, -0.2) is 4.98 Å². The number of piperidine rings is 1. The largest absolute Gasteiger partial charge is 0.348 e. The Labute approximate surface area is 133 Å². The summed E-state index contributed by atoms with van der Waals surface area (Å²) in [6.45, 7) is 6.34. The predicted octanol–water partition coefficient (Wildman–Crippen LogP) is 3.07. The van der Waals surface area contributed by atoms with Crippen LogP contribution in [-0.2, 0) is 19.6 Å². The summed E-state index contributed by atoms with van der Waals surface area (Å²) in [5.74, 6) is 0.982. The van der Waals surface area contributed by atoms with Crippen LogP contribution in [0.25, 0.3) is 0 Å². The van der Waals surface area contributed by atoms with Gasteiger partial charge in [0.25, 0.3) is 0 Å². The van der Waals surface area contributed by atoms with Gasteiger partial charge in [0.2, 0.25) is 0 Å². The van der Waals surface area contributed by atoms with Crippen LogP contribution in [0.5, 0.6) is 0 Å². The van der Waals surface area contributed by atoms with Crippen molar-refractivity contribution >= 4 is 0 Å². The zero-order chi connectivity index (χ0) is 15.2. The lowest BCUT2D eigenvalue weighted by atomic mass is 10.0. The molecule has 22 heavy (non-hydrogen) atoms. The van der Waals surface area contributed by atoms with E-state index in [1.807, 2.05) is 6.20 Å². The molecule has 1 aromatic carbocycles. The van der Waals surface area contributed by atoms with Crippen molar-refractivity contribution in [2.45, 2.75) is 51.9 Å². The number of imidazole rings is 1. The molecule has 0 aliphatic carbocycles. The number of rotatable bonds is 6. The van der Waals surface area contributed by atoms with Crippen LogP contribution in [0.4, 0.5) is 0 Å². The van der Waals surface area contributed by atoms with Crippen molar-refractivity contribution in [2.75, 3.05) is 6.54 Å². The minimum absolute atomic E-state index is 0.725. The number of nitrogens with one attached hydrogen (secondary N) is 2. The summed E-state index contributed by atoms with van der Waals surface area (Å²) in [4.78, 5) is 9.92. The maximum Gasteiger partial charge on any atom is 0.120 e. The molecule has 0 amide bonds. The topological polar surface area (TPSA) is 44.0 Å². The van der Waals surface area contributed by atoms with E-state index in [1.165, 1.54) is 36.9 Å². The second-order valence-electron chi connectivity index (χ2n) is 6.27. The average Bonchev–Trinajstić information content (AvgIpc) is 3.05. The average molecular weight is 298 g/mol. The van der Waals surface area contributed by atoms with E-state index in [9.17, 15) is 0 Å². The van der Waals surface area contributed by atoms with Crippen LogP contribution in [0.1, 0.15) is 43.1 Å². The van der Waals surface area contributed by atoms with Crippen LogP contribution in [0, 0.1) is 0 Å². The number of hydrogen-bond donors (Lipinski definition) is 2. The minimum Gasteiger partial charge on any atom is -0.348 e. The molecular weight excluding hydrogens is 272 g/mol. The van der Waals surface area contributed by atoms with Gasteiger partial charge in [-0.2, -0.15) is 0 Å². The molecule has 0 saturated carbocycles. The summed E-state index contributed by atoms with van der Waals surface area (Å²) in [5.41, 5.74) is 2.74.